The molecule has 5 heteroatoms. The van der Waals surface area contributed by atoms with Gasteiger partial charge in [-0.3, -0.25) is 10.2 Å². The molecule has 0 rings (SSSR count). The predicted octanol–water partition coefficient (Wildman–Crippen LogP) is 0.332. The van der Waals surface area contributed by atoms with Crippen molar-refractivity contribution in [3.8, 4) is 0 Å². The maximum Gasteiger partial charge on any atom is 0.340 e. The van der Waals surface area contributed by atoms with E-state index >= 15 is 0 Å². The summed E-state index contributed by atoms with van der Waals surface area (Å²) in [5.41, 5.74) is 1.87. The molecule has 82 valence electrons. The molecule has 2 N–H and O–H groups in total. The lowest BCUT2D eigenvalue weighted by Gasteiger charge is -2.19. The minimum absolute atomic E-state index is 0.394. The van der Waals surface area contributed by atoms with Crippen molar-refractivity contribution in [1.29, 1.82) is 0 Å². The van der Waals surface area contributed by atoms with Crippen LogP contribution >= 0.6 is 0 Å². The Morgan fingerprint density at radius 2 is 1.73 bits per heavy atom. The SMILES string of the molecule is C=CCN(CC=C)NC(=O)C(=C)C(=O)O. The summed E-state index contributed by atoms with van der Waals surface area (Å²) in [5.74, 6) is -2.09. The fraction of sp³-hybridized carbons (Fsp3) is 0.200. The third kappa shape index (κ3) is 4.78. The summed E-state index contributed by atoms with van der Waals surface area (Å²) in [6, 6.07) is 0. The van der Waals surface area contributed by atoms with Gasteiger partial charge in [0.25, 0.3) is 5.91 Å². The Bertz CT molecular complexity index is 287. The van der Waals surface area contributed by atoms with Gasteiger partial charge in [-0.15, -0.1) is 13.2 Å². The number of carbonyl (C=O) groups is 2. The van der Waals surface area contributed by atoms with Gasteiger partial charge in [-0.05, 0) is 0 Å². The van der Waals surface area contributed by atoms with Gasteiger partial charge >= 0.3 is 5.97 Å². The van der Waals surface area contributed by atoms with Gasteiger partial charge in [-0.1, -0.05) is 18.7 Å². The van der Waals surface area contributed by atoms with E-state index in [4.69, 9.17) is 5.11 Å². The zero-order valence-electron chi connectivity index (χ0n) is 8.40. The summed E-state index contributed by atoms with van der Waals surface area (Å²) >= 11 is 0. The highest BCUT2D eigenvalue weighted by Crippen LogP contribution is 1.92. The predicted molar refractivity (Wildman–Crippen MR) is 56.9 cm³/mol. The molecule has 0 saturated heterocycles. The second-order valence-corrected chi connectivity index (χ2v) is 2.71. The van der Waals surface area contributed by atoms with Gasteiger partial charge in [0.05, 0.1) is 0 Å². The molecule has 5 nitrogen and oxygen atoms in total. The molecule has 0 aliphatic carbocycles. The Morgan fingerprint density at radius 3 is 2.07 bits per heavy atom. The van der Waals surface area contributed by atoms with E-state index in [-0.39, 0.29) is 0 Å². The van der Waals surface area contributed by atoms with Crippen LogP contribution in [-0.4, -0.2) is 35.1 Å². The van der Waals surface area contributed by atoms with E-state index in [1.54, 1.807) is 12.2 Å². The van der Waals surface area contributed by atoms with E-state index < -0.39 is 17.4 Å². The molecule has 0 heterocycles. The van der Waals surface area contributed by atoms with Crippen LogP contribution in [0.3, 0.4) is 0 Å². The number of amides is 1. The summed E-state index contributed by atoms with van der Waals surface area (Å²) in [6.07, 6.45) is 3.15. The zero-order chi connectivity index (χ0) is 11.8. The second-order valence-electron chi connectivity index (χ2n) is 2.71. The second kappa shape index (κ2) is 6.56. The fourth-order valence-electron chi connectivity index (χ4n) is 0.786. The summed E-state index contributed by atoms with van der Waals surface area (Å²) in [5, 5.41) is 9.97. The number of rotatable bonds is 7. The first-order valence-electron chi connectivity index (χ1n) is 4.22. The first kappa shape index (κ1) is 13.1. The molecular weight excluding hydrogens is 196 g/mol. The van der Waals surface area contributed by atoms with Crippen molar-refractivity contribution < 1.29 is 14.7 Å². The molecule has 0 radical (unpaired) electrons. The molecule has 0 aliphatic rings. The maximum absolute atomic E-state index is 11.2. The van der Waals surface area contributed by atoms with Crippen molar-refractivity contribution in [1.82, 2.24) is 10.4 Å². The van der Waals surface area contributed by atoms with Crippen LogP contribution in [0.25, 0.3) is 0 Å². The molecule has 0 aromatic rings. The van der Waals surface area contributed by atoms with Crippen molar-refractivity contribution in [2.75, 3.05) is 13.1 Å². The number of aliphatic carboxylic acids is 1. The number of nitrogens with one attached hydrogen (secondary N) is 1. The van der Waals surface area contributed by atoms with E-state index in [2.05, 4.69) is 25.2 Å². The topological polar surface area (TPSA) is 69.6 Å². The standard InChI is InChI=1S/C10H14N2O3/c1-4-6-12(7-5-2)11-9(13)8(3)10(14)15/h4-5H,1-3,6-7H2,(H,11,13)(H,14,15). The van der Waals surface area contributed by atoms with Gasteiger partial charge in [0.15, 0.2) is 0 Å². The van der Waals surface area contributed by atoms with Crippen molar-refractivity contribution in [3.05, 3.63) is 37.5 Å². The van der Waals surface area contributed by atoms with E-state index in [1.807, 2.05) is 0 Å². The summed E-state index contributed by atoms with van der Waals surface area (Å²) < 4.78 is 0. The summed E-state index contributed by atoms with van der Waals surface area (Å²) in [7, 11) is 0. The summed E-state index contributed by atoms with van der Waals surface area (Å²) in [6.45, 7) is 10.9. The number of nitrogens with zero attached hydrogens (tertiary/aromatic N) is 1. The molecule has 0 aliphatic heterocycles. The van der Waals surface area contributed by atoms with Crippen LogP contribution in [0.5, 0.6) is 0 Å². The molecule has 1 amide bonds. The minimum Gasteiger partial charge on any atom is -0.478 e. The third-order valence-corrected chi connectivity index (χ3v) is 1.49. The lowest BCUT2D eigenvalue weighted by molar-refractivity contribution is -0.135. The highest BCUT2D eigenvalue weighted by atomic mass is 16.4. The lowest BCUT2D eigenvalue weighted by Crippen LogP contribution is -2.43. The van der Waals surface area contributed by atoms with Crippen LogP contribution in [0.4, 0.5) is 0 Å². The van der Waals surface area contributed by atoms with Gasteiger partial charge in [-0.2, -0.15) is 0 Å². The average molecular weight is 210 g/mol. The molecule has 0 aromatic carbocycles. The van der Waals surface area contributed by atoms with Crippen molar-refractivity contribution >= 4 is 11.9 Å². The van der Waals surface area contributed by atoms with Gasteiger partial charge in [-0.25, -0.2) is 9.80 Å². The van der Waals surface area contributed by atoms with Crippen molar-refractivity contribution in [2.24, 2.45) is 0 Å². The Labute approximate surface area is 88.4 Å². The first-order chi connectivity index (χ1) is 7.02. The molecule has 0 bridgehead atoms. The first-order valence-corrected chi connectivity index (χ1v) is 4.22. The number of carboxylic acid groups (broad SMARTS) is 1. The maximum atomic E-state index is 11.2. The van der Waals surface area contributed by atoms with Crippen LogP contribution in [-0.2, 0) is 9.59 Å². The van der Waals surface area contributed by atoms with E-state index in [0.717, 1.165) is 0 Å². The Kier molecular flexibility index (Phi) is 5.73. The van der Waals surface area contributed by atoms with E-state index in [1.165, 1.54) is 5.01 Å². The number of hydrogen-bond donors (Lipinski definition) is 2. The number of carboxylic acids is 1. The molecule has 15 heavy (non-hydrogen) atoms. The quantitative estimate of drug-likeness (QED) is 0.209. The summed E-state index contributed by atoms with van der Waals surface area (Å²) in [4.78, 5) is 21.7. The highest BCUT2D eigenvalue weighted by Gasteiger charge is 2.15. The monoisotopic (exact) mass is 210 g/mol. The Hall–Kier alpha value is -1.88. The fourth-order valence-corrected chi connectivity index (χ4v) is 0.786. The van der Waals surface area contributed by atoms with Gasteiger partial charge in [0.2, 0.25) is 0 Å². The highest BCUT2D eigenvalue weighted by molar-refractivity contribution is 6.14. The van der Waals surface area contributed by atoms with Crippen LogP contribution in [0.1, 0.15) is 0 Å². The molecule has 0 fully saturated rings. The number of hydrogen-bond acceptors (Lipinski definition) is 3. The largest absolute Gasteiger partial charge is 0.478 e. The van der Waals surface area contributed by atoms with Crippen molar-refractivity contribution in [3.63, 3.8) is 0 Å². The smallest absolute Gasteiger partial charge is 0.340 e. The average Bonchev–Trinajstić information content (AvgIpc) is 2.17. The van der Waals surface area contributed by atoms with Crippen LogP contribution in [0.15, 0.2) is 37.5 Å². The van der Waals surface area contributed by atoms with E-state index in [0.29, 0.717) is 13.1 Å². The Morgan fingerprint density at radius 1 is 1.27 bits per heavy atom. The molecule has 0 atom stereocenters. The van der Waals surface area contributed by atoms with Crippen LogP contribution in [0, 0.1) is 0 Å². The zero-order valence-corrected chi connectivity index (χ0v) is 8.40. The third-order valence-electron chi connectivity index (χ3n) is 1.49. The molecule has 0 saturated carbocycles. The molecule has 0 spiro atoms. The van der Waals surface area contributed by atoms with Gasteiger partial charge in [0.1, 0.15) is 5.57 Å². The molecule has 0 aromatic heterocycles. The van der Waals surface area contributed by atoms with E-state index in [9.17, 15) is 9.59 Å². The number of carbonyl (C=O) groups excluding carboxylic acids is 1. The minimum atomic E-state index is -1.34. The molecule has 0 unspecified atom stereocenters. The normalized spacial score (nSPS) is 9.40. The van der Waals surface area contributed by atoms with Crippen LogP contribution in [0.2, 0.25) is 0 Å². The van der Waals surface area contributed by atoms with Crippen molar-refractivity contribution in [2.45, 2.75) is 0 Å². The van der Waals surface area contributed by atoms with Gasteiger partial charge in [0, 0.05) is 13.1 Å². The van der Waals surface area contributed by atoms with Gasteiger partial charge < -0.3 is 5.11 Å². The number of hydrazine groups is 1. The van der Waals surface area contributed by atoms with Crippen LogP contribution < -0.4 is 5.43 Å². The molecular formula is C10H14N2O3. The lowest BCUT2D eigenvalue weighted by atomic mass is 10.3. The Balaban J connectivity index is 4.33.